The molecule has 0 saturated carbocycles. The molecule has 0 saturated heterocycles. The molecule has 10 aromatic rings. The van der Waals surface area contributed by atoms with Gasteiger partial charge < -0.3 is 9.32 Å². The average Bonchev–Trinajstić information content (AvgIpc) is 3.94. The molecule has 2 heterocycles. The molecule has 308 valence electrons. The van der Waals surface area contributed by atoms with E-state index in [1.54, 1.807) is 0 Å². The highest BCUT2D eigenvalue weighted by molar-refractivity contribution is 6.15. The summed E-state index contributed by atoms with van der Waals surface area (Å²) >= 11 is 0. The summed E-state index contributed by atoms with van der Waals surface area (Å²) in [5.41, 5.74) is 19.9. The highest BCUT2D eigenvalue weighted by Crippen LogP contribution is 2.66. The molecule has 0 bridgehead atoms. The van der Waals surface area contributed by atoms with Gasteiger partial charge in [-0.2, -0.15) is 0 Å². The van der Waals surface area contributed by atoms with Gasteiger partial charge in [0.25, 0.3) is 0 Å². The van der Waals surface area contributed by atoms with E-state index in [9.17, 15) is 0 Å². The van der Waals surface area contributed by atoms with Crippen molar-refractivity contribution in [2.75, 3.05) is 4.90 Å². The van der Waals surface area contributed by atoms with Gasteiger partial charge in [-0.15, -0.1) is 0 Å². The summed E-state index contributed by atoms with van der Waals surface area (Å²) in [6.45, 7) is 11.7. The number of furan rings is 1. The minimum absolute atomic E-state index is 0.00734. The zero-order chi connectivity index (χ0) is 43.4. The fourth-order valence-electron chi connectivity index (χ4n) is 11.2. The van der Waals surface area contributed by atoms with Crippen molar-refractivity contribution in [3.63, 3.8) is 0 Å². The summed E-state index contributed by atoms with van der Waals surface area (Å²) in [7, 11) is 0. The third kappa shape index (κ3) is 5.43. The Morgan fingerprint density at radius 3 is 1.75 bits per heavy atom. The molecule has 0 atom stereocenters. The van der Waals surface area contributed by atoms with Gasteiger partial charge in [0.05, 0.1) is 11.1 Å². The Morgan fingerprint density at radius 2 is 1.09 bits per heavy atom. The monoisotopic (exact) mass is 824 g/mol. The third-order valence-electron chi connectivity index (χ3n) is 14.2. The van der Waals surface area contributed by atoms with Crippen LogP contribution in [0, 0.1) is 0 Å². The lowest BCUT2D eigenvalue weighted by molar-refractivity contribution is 0.590. The number of hydrogen-bond donors (Lipinski definition) is 0. The Labute approximate surface area is 375 Å². The van der Waals surface area contributed by atoms with Crippen LogP contribution < -0.4 is 4.90 Å². The molecule has 12 rings (SSSR count). The van der Waals surface area contributed by atoms with E-state index in [1.807, 2.05) is 12.3 Å². The molecule has 0 aliphatic heterocycles. The Morgan fingerprint density at radius 1 is 0.500 bits per heavy atom. The van der Waals surface area contributed by atoms with Crippen LogP contribution in [0.3, 0.4) is 0 Å². The first kappa shape index (κ1) is 38.2. The van der Waals surface area contributed by atoms with Crippen LogP contribution in [0.4, 0.5) is 17.1 Å². The average molecular weight is 825 g/mol. The van der Waals surface area contributed by atoms with Gasteiger partial charge in [0.1, 0.15) is 5.58 Å². The van der Waals surface area contributed by atoms with Crippen molar-refractivity contribution >= 4 is 39.1 Å². The van der Waals surface area contributed by atoms with Crippen LogP contribution in [-0.2, 0) is 16.2 Å². The number of pyridine rings is 1. The summed E-state index contributed by atoms with van der Waals surface area (Å²) < 4.78 is 7.00. The standard InChI is InChI=1S/C61H48N2O/c1-59(2,3)41-29-33-45(34-30-41)63(44-31-27-40(28-32-44)39-18-9-6-10-19-39)52-38-51-54(53-48-24-15-16-26-49(48)60(4,5)56(52)53)55-50(36-35-46-47-25-17-37-62-58(47)64-57(46)55)61(51,42-20-11-7-12-21-42)43-22-13-8-14-23-43/h6-38H,1-5H3. The maximum atomic E-state index is 7.00. The van der Waals surface area contributed by atoms with Crippen molar-refractivity contribution in [2.45, 2.75) is 50.9 Å². The highest BCUT2D eigenvalue weighted by atomic mass is 16.3. The third-order valence-corrected chi connectivity index (χ3v) is 14.2. The number of aromatic nitrogens is 1. The van der Waals surface area contributed by atoms with Gasteiger partial charge in [0, 0.05) is 39.3 Å². The van der Waals surface area contributed by atoms with E-state index in [0.29, 0.717) is 5.71 Å². The van der Waals surface area contributed by atoms with Crippen LogP contribution in [0.25, 0.3) is 55.4 Å². The van der Waals surface area contributed by atoms with Gasteiger partial charge in [-0.1, -0.05) is 186 Å². The van der Waals surface area contributed by atoms with E-state index in [-0.39, 0.29) is 10.8 Å². The van der Waals surface area contributed by atoms with E-state index in [4.69, 9.17) is 9.40 Å². The zero-order valence-corrected chi connectivity index (χ0v) is 36.9. The van der Waals surface area contributed by atoms with Crippen LogP contribution in [0.2, 0.25) is 0 Å². The first-order valence-electron chi connectivity index (χ1n) is 22.5. The largest absolute Gasteiger partial charge is 0.437 e. The molecular weight excluding hydrogens is 777 g/mol. The Hall–Kier alpha value is -7.49. The number of fused-ring (bicyclic) bond motifs is 11. The van der Waals surface area contributed by atoms with Crippen molar-refractivity contribution in [1.82, 2.24) is 4.98 Å². The van der Waals surface area contributed by atoms with Crippen molar-refractivity contribution in [1.29, 1.82) is 0 Å². The summed E-state index contributed by atoms with van der Waals surface area (Å²) in [4.78, 5) is 7.29. The summed E-state index contributed by atoms with van der Waals surface area (Å²) in [5, 5.41) is 2.10. The van der Waals surface area contributed by atoms with E-state index in [2.05, 4.69) is 228 Å². The first-order valence-corrected chi connectivity index (χ1v) is 22.5. The van der Waals surface area contributed by atoms with Gasteiger partial charge in [-0.3, -0.25) is 0 Å². The van der Waals surface area contributed by atoms with Crippen LogP contribution >= 0.6 is 0 Å². The predicted molar refractivity (Wildman–Crippen MR) is 265 cm³/mol. The molecule has 0 spiro atoms. The first-order chi connectivity index (χ1) is 31.2. The molecule has 2 aromatic heterocycles. The van der Waals surface area contributed by atoms with Crippen molar-refractivity contribution in [3.8, 4) is 33.4 Å². The van der Waals surface area contributed by atoms with Crippen LogP contribution in [0.5, 0.6) is 0 Å². The second-order valence-corrected chi connectivity index (χ2v) is 19.1. The van der Waals surface area contributed by atoms with Gasteiger partial charge in [-0.05, 0) is 115 Å². The van der Waals surface area contributed by atoms with Gasteiger partial charge >= 0.3 is 0 Å². The lowest BCUT2D eigenvalue weighted by Crippen LogP contribution is -2.29. The Balaban J connectivity index is 1.26. The molecule has 0 radical (unpaired) electrons. The molecule has 2 aliphatic carbocycles. The van der Waals surface area contributed by atoms with Gasteiger partial charge in [-0.25, -0.2) is 4.98 Å². The molecule has 3 nitrogen and oxygen atoms in total. The molecule has 0 amide bonds. The normalized spacial score (nSPS) is 14.3. The lowest BCUT2D eigenvalue weighted by Gasteiger charge is -2.37. The molecule has 3 heteroatoms. The van der Waals surface area contributed by atoms with Crippen LogP contribution in [0.1, 0.15) is 73.6 Å². The van der Waals surface area contributed by atoms with Gasteiger partial charge in [0.15, 0.2) is 0 Å². The summed E-state index contributed by atoms with van der Waals surface area (Å²) in [6, 6.07) is 71.8. The summed E-state index contributed by atoms with van der Waals surface area (Å²) in [6.07, 6.45) is 1.83. The van der Waals surface area contributed by atoms with E-state index < -0.39 is 5.41 Å². The highest BCUT2D eigenvalue weighted by Gasteiger charge is 2.52. The maximum Gasteiger partial charge on any atom is 0.227 e. The number of rotatable bonds is 6. The Bertz CT molecular complexity index is 3370. The molecule has 2 aliphatic rings. The molecule has 0 N–H and O–H groups in total. The smallest absolute Gasteiger partial charge is 0.227 e. The topological polar surface area (TPSA) is 29.3 Å². The van der Waals surface area contributed by atoms with Crippen LogP contribution in [-0.4, -0.2) is 4.98 Å². The molecular formula is C61H48N2O. The second-order valence-electron chi connectivity index (χ2n) is 19.1. The van der Waals surface area contributed by atoms with E-state index >= 15 is 0 Å². The number of anilines is 3. The number of hydrogen-bond acceptors (Lipinski definition) is 3. The fourth-order valence-corrected chi connectivity index (χ4v) is 11.2. The molecule has 0 unspecified atom stereocenters. The van der Waals surface area contributed by atoms with Crippen molar-refractivity contribution < 1.29 is 4.42 Å². The number of benzene rings is 8. The quantitative estimate of drug-likeness (QED) is 0.167. The van der Waals surface area contributed by atoms with E-state index in [1.165, 1.54) is 66.8 Å². The molecule has 0 fully saturated rings. The van der Waals surface area contributed by atoms with E-state index in [0.717, 1.165) is 39.0 Å². The minimum Gasteiger partial charge on any atom is -0.437 e. The maximum absolute atomic E-state index is 7.00. The summed E-state index contributed by atoms with van der Waals surface area (Å²) in [5.74, 6) is 0. The van der Waals surface area contributed by atoms with Crippen LogP contribution in [0.15, 0.2) is 205 Å². The Kier molecular flexibility index (Phi) is 8.36. The molecule has 8 aromatic carbocycles. The van der Waals surface area contributed by atoms with Gasteiger partial charge in [0.2, 0.25) is 5.71 Å². The second kappa shape index (κ2) is 14.0. The van der Waals surface area contributed by atoms with Crippen molar-refractivity contribution in [2.24, 2.45) is 0 Å². The molecule has 64 heavy (non-hydrogen) atoms. The lowest BCUT2D eigenvalue weighted by atomic mass is 9.67. The fraction of sp³-hybridized carbons (Fsp3) is 0.131. The zero-order valence-electron chi connectivity index (χ0n) is 36.9. The predicted octanol–water partition coefficient (Wildman–Crippen LogP) is 16.1. The SMILES string of the molecule is CC(C)(C)c1ccc(N(c2ccc(-c3ccccc3)cc2)c2cc3c(c4c2C(C)(C)c2ccccc2-4)-c2c(ccc4c2oc2ncccc24)C3(c2ccccc2)c2ccccc2)cc1. The van der Waals surface area contributed by atoms with Crippen molar-refractivity contribution in [3.05, 3.63) is 239 Å². The number of nitrogens with zero attached hydrogens (tertiary/aromatic N) is 2. The minimum atomic E-state index is -0.696.